The fraction of sp³-hybridized carbons (Fsp3) is 0.400. The van der Waals surface area contributed by atoms with E-state index >= 15 is 0 Å². The zero-order chi connectivity index (χ0) is 13.7. The van der Waals surface area contributed by atoms with Crippen LogP contribution in [-0.4, -0.2) is 43.6 Å². The van der Waals surface area contributed by atoms with Gasteiger partial charge in [0.15, 0.2) is 0 Å². The molecule has 1 aromatic rings. The van der Waals surface area contributed by atoms with Crippen molar-refractivity contribution in [2.75, 3.05) is 37.7 Å². The molecule has 1 heterocycles. The van der Waals surface area contributed by atoms with Crippen molar-refractivity contribution in [2.24, 2.45) is 0 Å². The Balaban J connectivity index is 1.93. The molecule has 1 saturated heterocycles. The molecule has 0 N–H and O–H groups in total. The normalized spacial score (nSPS) is 14.9. The highest BCUT2D eigenvalue weighted by Crippen LogP contribution is 2.20. The maximum absolute atomic E-state index is 11.3. The van der Waals surface area contributed by atoms with Gasteiger partial charge in [-0.25, -0.2) is 0 Å². The maximum atomic E-state index is 11.3. The number of hydrogen-bond donors (Lipinski definition) is 0. The van der Waals surface area contributed by atoms with Crippen LogP contribution >= 0.6 is 0 Å². The lowest BCUT2D eigenvalue weighted by molar-refractivity contribution is -0.129. The third kappa shape index (κ3) is 3.41. The Hall–Kier alpha value is -2.15. The Morgan fingerprint density at radius 3 is 2.42 bits per heavy atom. The Morgan fingerprint density at radius 1 is 1.26 bits per heavy atom. The molecular formula is C15H18N2O2. The van der Waals surface area contributed by atoms with E-state index in [9.17, 15) is 4.79 Å². The van der Waals surface area contributed by atoms with Crippen molar-refractivity contribution in [3.8, 4) is 18.1 Å². The van der Waals surface area contributed by atoms with Crippen LogP contribution in [0.1, 0.15) is 6.92 Å². The van der Waals surface area contributed by atoms with E-state index in [0.29, 0.717) is 0 Å². The summed E-state index contributed by atoms with van der Waals surface area (Å²) in [5, 5.41) is 0. The second-order valence-electron chi connectivity index (χ2n) is 4.48. The van der Waals surface area contributed by atoms with Crippen LogP contribution in [0.25, 0.3) is 0 Å². The van der Waals surface area contributed by atoms with E-state index in [1.54, 1.807) is 6.92 Å². The molecule has 0 bridgehead atoms. The number of carbonyl (C=O) groups is 1. The van der Waals surface area contributed by atoms with E-state index < -0.39 is 0 Å². The van der Waals surface area contributed by atoms with E-state index in [2.05, 4.69) is 10.8 Å². The zero-order valence-electron chi connectivity index (χ0n) is 11.1. The predicted octanol–water partition coefficient (Wildman–Crippen LogP) is 1.37. The number of terminal acetylenes is 1. The minimum absolute atomic E-state index is 0.151. The second-order valence-corrected chi connectivity index (χ2v) is 4.48. The van der Waals surface area contributed by atoms with Crippen LogP contribution in [0.4, 0.5) is 5.69 Å². The number of hydrogen-bond acceptors (Lipinski definition) is 3. The molecule has 0 saturated carbocycles. The molecule has 4 nitrogen and oxygen atoms in total. The molecule has 1 aliphatic heterocycles. The van der Waals surface area contributed by atoms with Gasteiger partial charge < -0.3 is 14.5 Å². The quantitative estimate of drug-likeness (QED) is 0.768. The molecule has 1 aliphatic rings. The van der Waals surface area contributed by atoms with E-state index in [-0.39, 0.29) is 12.5 Å². The summed E-state index contributed by atoms with van der Waals surface area (Å²) in [5.41, 5.74) is 1.15. The first-order valence-electron chi connectivity index (χ1n) is 6.37. The van der Waals surface area contributed by atoms with Crippen LogP contribution in [0.15, 0.2) is 24.3 Å². The van der Waals surface area contributed by atoms with Gasteiger partial charge in [0.1, 0.15) is 12.4 Å². The van der Waals surface area contributed by atoms with Crippen molar-refractivity contribution in [1.82, 2.24) is 4.90 Å². The summed E-state index contributed by atoms with van der Waals surface area (Å²) in [7, 11) is 0. The first-order valence-corrected chi connectivity index (χ1v) is 6.37. The molecule has 1 fully saturated rings. The number of piperazine rings is 1. The molecule has 0 aromatic heterocycles. The van der Waals surface area contributed by atoms with Crippen molar-refractivity contribution < 1.29 is 9.53 Å². The molecule has 19 heavy (non-hydrogen) atoms. The molecule has 4 heteroatoms. The van der Waals surface area contributed by atoms with Crippen molar-refractivity contribution in [3.05, 3.63) is 24.3 Å². The summed E-state index contributed by atoms with van der Waals surface area (Å²) < 4.78 is 5.34. The Labute approximate surface area is 114 Å². The van der Waals surface area contributed by atoms with Crippen LogP contribution in [0, 0.1) is 12.3 Å². The predicted molar refractivity (Wildman–Crippen MR) is 75.2 cm³/mol. The number of benzene rings is 1. The summed E-state index contributed by atoms with van der Waals surface area (Å²) in [6.45, 7) is 5.20. The van der Waals surface area contributed by atoms with Crippen LogP contribution in [0.5, 0.6) is 5.75 Å². The number of carbonyl (C=O) groups excluding carboxylic acids is 1. The highest BCUT2D eigenvalue weighted by atomic mass is 16.5. The van der Waals surface area contributed by atoms with Gasteiger partial charge in [-0.1, -0.05) is 5.92 Å². The third-order valence-corrected chi connectivity index (χ3v) is 3.25. The van der Waals surface area contributed by atoms with Crippen molar-refractivity contribution >= 4 is 11.6 Å². The van der Waals surface area contributed by atoms with Gasteiger partial charge in [0.2, 0.25) is 5.91 Å². The maximum Gasteiger partial charge on any atom is 0.219 e. The van der Waals surface area contributed by atoms with Gasteiger partial charge in [-0.15, -0.1) is 6.42 Å². The average molecular weight is 258 g/mol. The minimum Gasteiger partial charge on any atom is -0.481 e. The average Bonchev–Trinajstić information content (AvgIpc) is 2.46. The number of rotatable bonds is 3. The monoisotopic (exact) mass is 258 g/mol. The molecule has 0 aliphatic carbocycles. The highest BCUT2D eigenvalue weighted by Gasteiger charge is 2.18. The summed E-state index contributed by atoms with van der Waals surface area (Å²) in [5.74, 6) is 3.37. The van der Waals surface area contributed by atoms with Gasteiger partial charge in [-0.05, 0) is 24.3 Å². The lowest BCUT2D eigenvalue weighted by Crippen LogP contribution is -2.48. The lowest BCUT2D eigenvalue weighted by Gasteiger charge is -2.35. The molecule has 0 radical (unpaired) electrons. The SMILES string of the molecule is C#CCOc1ccc(N2CCN(C(C)=O)CC2)cc1. The summed E-state index contributed by atoms with van der Waals surface area (Å²) in [6, 6.07) is 7.89. The van der Waals surface area contributed by atoms with Crippen LogP contribution < -0.4 is 9.64 Å². The van der Waals surface area contributed by atoms with Gasteiger partial charge in [0.25, 0.3) is 0 Å². The minimum atomic E-state index is 0.151. The standard InChI is InChI=1S/C15H18N2O2/c1-3-12-19-15-6-4-14(5-7-15)17-10-8-16(9-11-17)13(2)18/h1,4-7H,8-12H2,2H3. The van der Waals surface area contributed by atoms with E-state index in [1.807, 2.05) is 29.2 Å². The lowest BCUT2D eigenvalue weighted by atomic mass is 10.2. The summed E-state index contributed by atoms with van der Waals surface area (Å²) >= 11 is 0. The fourth-order valence-electron chi connectivity index (χ4n) is 2.16. The van der Waals surface area contributed by atoms with Gasteiger partial charge in [-0.2, -0.15) is 0 Å². The number of amides is 1. The van der Waals surface area contributed by atoms with Crippen molar-refractivity contribution in [2.45, 2.75) is 6.92 Å². The highest BCUT2D eigenvalue weighted by molar-refractivity contribution is 5.73. The van der Waals surface area contributed by atoms with Crippen molar-refractivity contribution in [3.63, 3.8) is 0 Å². The molecule has 0 atom stereocenters. The Kier molecular flexibility index (Phi) is 4.30. The van der Waals surface area contributed by atoms with E-state index in [4.69, 9.17) is 11.2 Å². The first kappa shape index (κ1) is 13.3. The second kappa shape index (κ2) is 6.14. The van der Waals surface area contributed by atoms with Gasteiger partial charge in [-0.3, -0.25) is 4.79 Å². The number of nitrogens with zero attached hydrogens (tertiary/aromatic N) is 2. The smallest absolute Gasteiger partial charge is 0.219 e. The van der Waals surface area contributed by atoms with E-state index in [0.717, 1.165) is 37.6 Å². The van der Waals surface area contributed by atoms with Gasteiger partial charge in [0.05, 0.1) is 0 Å². The van der Waals surface area contributed by atoms with Gasteiger partial charge in [0, 0.05) is 38.8 Å². The van der Waals surface area contributed by atoms with E-state index in [1.165, 1.54) is 0 Å². The largest absolute Gasteiger partial charge is 0.481 e. The number of ether oxygens (including phenoxy) is 1. The molecule has 1 amide bonds. The van der Waals surface area contributed by atoms with Gasteiger partial charge >= 0.3 is 0 Å². The fourth-order valence-corrected chi connectivity index (χ4v) is 2.16. The molecule has 0 unspecified atom stereocenters. The van der Waals surface area contributed by atoms with Crippen LogP contribution in [0.3, 0.4) is 0 Å². The molecule has 1 aromatic carbocycles. The molecule has 0 spiro atoms. The zero-order valence-corrected chi connectivity index (χ0v) is 11.1. The third-order valence-electron chi connectivity index (χ3n) is 3.25. The molecule has 100 valence electrons. The van der Waals surface area contributed by atoms with Crippen LogP contribution in [0.2, 0.25) is 0 Å². The Morgan fingerprint density at radius 2 is 1.89 bits per heavy atom. The summed E-state index contributed by atoms with van der Waals surface area (Å²) in [6.07, 6.45) is 5.15. The number of anilines is 1. The van der Waals surface area contributed by atoms with Crippen LogP contribution in [-0.2, 0) is 4.79 Å². The molecule has 2 rings (SSSR count). The topological polar surface area (TPSA) is 32.8 Å². The summed E-state index contributed by atoms with van der Waals surface area (Å²) in [4.78, 5) is 15.4. The Bertz CT molecular complexity index is 468. The van der Waals surface area contributed by atoms with Crippen molar-refractivity contribution in [1.29, 1.82) is 0 Å². The molecular weight excluding hydrogens is 240 g/mol. The first-order chi connectivity index (χ1) is 9.20.